The van der Waals surface area contributed by atoms with E-state index >= 15 is 0 Å². The predicted octanol–water partition coefficient (Wildman–Crippen LogP) is 2.90. The second-order valence-electron chi connectivity index (χ2n) is 5.32. The number of rotatable bonds is 4. The molecule has 0 bridgehead atoms. The molecule has 18 heavy (non-hydrogen) atoms. The van der Waals surface area contributed by atoms with Crippen LogP contribution in [0.25, 0.3) is 0 Å². The van der Waals surface area contributed by atoms with Gasteiger partial charge in [0.1, 0.15) is 6.10 Å². The minimum Gasteiger partial charge on any atom is -0.399 e. The smallest absolute Gasteiger partial charge is 0.102 e. The molecule has 0 heterocycles. The zero-order valence-electron chi connectivity index (χ0n) is 11.0. The average molecular weight is 249 g/mol. The maximum Gasteiger partial charge on any atom is 0.102 e. The van der Waals surface area contributed by atoms with Gasteiger partial charge in [0, 0.05) is 5.69 Å². The highest BCUT2D eigenvalue weighted by atomic mass is 16.5. The maximum atomic E-state index is 10.1. The Balaban J connectivity index is 1.86. The van der Waals surface area contributed by atoms with Crippen LogP contribution in [-0.2, 0) is 4.74 Å². The SMILES string of the molecule is CC1CCCCC1OCC(O)c1cccc(N)c1. The van der Waals surface area contributed by atoms with E-state index in [1.807, 2.05) is 18.2 Å². The standard InChI is InChI=1S/C15H23NO2/c1-11-5-2-3-8-15(11)18-10-14(17)12-6-4-7-13(16)9-12/h4,6-7,9,11,14-15,17H,2-3,5,8,10,16H2,1H3. The first-order valence-electron chi connectivity index (χ1n) is 6.82. The third-order valence-corrected chi connectivity index (χ3v) is 3.80. The summed E-state index contributed by atoms with van der Waals surface area (Å²) in [7, 11) is 0. The van der Waals surface area contributed by atoms with Gasteiger partial charge in [-0.2, -0.15) is 0 Å². The van der Waals surface area contributed by atoms with Crippen molar-refractivity contribution >= 4 is 5.69 Å². The zero-order chi connectivity index (χ0) is 13.0. The summed E-state index contributed by atoms with van der Waals surface area (Å²) in [6.07, 6.45) is 4.61. The van der Waals surface area contributed by atoms with Crippen molar-refractivity contribution in [1.82, 2.24) is 0 Å². The van der Waals surface area contributed by atoms with Crippen LogP contribution in [0.1, 0.15) is 44.3 Å². The molecule has 3 unspecified atom stereocenters. The molecule has 1 aromatic carbocycles. The number of nitrogen functional groups attached to an aromatic ring is 1. The Morgan fingerprint density at radius 1 is 1.39 bits per heavy atom. The lowest BCUT2D eigenvalue weighted by Crippen LogP contribution is -2.27. The molecule has 1 fully saturated rings. The van der Waals surface area contributed by atoms with Crippen molar-refractivity contribution in [2.24, 2.45) is 5.92 Å². The molecule has 3 atom stereocenters. The van der Waals surface area contributed by atoms with Crippen molar-refractivity contribution in [3.63, 3.8) is 0 Å². The molecule has 3 heteroatoms. The van der Waals surface area contributed by atoms with Gasteiger partial charge in [-0.3, -0.25) is 0 Å². The molecule has 0 spiro atoms. The number of hydrogen-bond donors (Lipinski definition) is 2. The predicted molar refractivity (Wildman–Crippen MR) is 73.2 cm³/mol. The van der Waals surface area contributed by atoms with Crippen LogP contribution < -0.4 is 5.73 Å². The number of ether oxygens (including phenoxy) is 1. The molecule has 0 radical (unpaired) electrons. The molecular weight excluding hydrogens is 226 g/mol. The van der Waals surface area contributed by atoms with Gasteiger partial charge in [0.2, 0.25) is 0 Å². The minimum atomic E-state index is -0.581. The van der Waals surface area contributed by atoms with Gasteiger partial charge in [0.05, 0.1) is 12.7 Å². The molecule has 2 rings (SSSR count). The first kappa shape index (κ1) is 13.4. The Morgan fingerprint density at radius 3 is 2.89 bits per heavy atom. The van der Waals surface area contributed by atoms with E-state index in [9.17, 15) is 5.11 Å². The topological polar surface area (TPSA) is 55.5 Å². The highest BCUT2D eigenvalue weighted by Crippen LogP contribution is 2.27. The summed E-state index contributed by atoms with van der Waals surface area (Å²) < 4.78 is 5.86. The van der Waals surface area contributed by atoms with Gasteiger partial charge >= 0.3 is 0 Å². The molecule has 1 saturated carbocycles. The number of benzene rings is 1. The summed E-state index contributed by atoms with van der Waals surface area (Å²) in [5.74, 6) is 0.604. The van der Waals surface area contributed by atoms with Crippen LogP contribution in [0.4, 0.5) is 5.69 Å². The average Bonchev–Trinajstić information content (AvgIpc) is 2.37. The lowest BCUT2D eigenvalue weighted by atomic mass is 9.88. The number of aliphatic hydroxyl groups is 1. The Bertz CT molecular complexity index is 381. The fourth-order valence-electron chi connectivity index (χ4n) is 2.61. The quantitative estimate of drug-likeness (QED) is 0.807. The molecule has 100 valence electrons. The summed E-state index contributed by atoms with van der Waals surface area (Å²) in [5.41, 5.74) is 7.22. The Morgan fingerprint density at radius 2 is 2.17 bits per heavy atom. The van der Waals surface area contributed by atoms with Gasteiger partial charge < -0.3 is 15.6 Å². The van der Waals surface area contributed by atoms with Gasteiger partial charge in [0.25, 0.3) is 0 Å². The first-order valence-corrected chi connectivity index (χ1v) is 6.82. The maximum absolute atomic E-state index is 10.1. The van der Waals surface area contributed by atoms with Gasteiger partial charge in [-0.1, -0.05) is 31.9 Å². The van der Waals surface area contributed by atoms with Gasteiger partial charge in [0.15, 0.2) is 0 Å². The second kappa shape index (κ2) is 6.21. The van der Waals surface area contributed by atoms with Crippen LogP contribution in [0.2, 0.25) is 0 Å². The third kappa shape index (κ3) is 3.47. The van der Waals surface area contributed by atoms with E-state index in [2.05, 4.69) is 6.92 Å². The lowest BCUT2D eigenvalue weighted by Gasteiger charge is -2.29. The summed E-state index contributed by atoms with van der Waals surface area (Å²) in [4.78, 5) is 0. The normalized spacial score (nSPS) is 25.9. The van der Waals surface area contributed by atoms with E-state index in [1.165, 1.54) is 19.3 Å². The van der Waals surface area contributed by atoms with E-state index in [-0.39, 0.29) is 0 Å². The van der Waals surface area contributed by atoms with E-state index in [1.54, 1.807) is 6.07 Å². The molecule has 0 aromatic heterocycles. The molecule has 0 aliphatic heterocycles. The molecule has 1 aromatic rings. The monoisotopic (exact) mass is 249 g/mol. The highest BCUT2D eigenvalue weighted by molar-refractivity contribution is 5.41. The number of aliphatic hydroxyl groups excluding tert-OH is 1. The van der Waals surface area contributed by atoms with Crippen LogP contribution >= 0.6 is 0 Å². The van der Waals surface area contributed by atoms with Crippen LogP contribution in [-0.4, -0.2) is 17.8 Å². The molecule has 1 aliphatic carbocycles. The van der Waals surface area contributed by atoms with Crippen molar-refractivity contribution in [2.75, 3.05) is 12.3 Å². The lowest BCUT2D eigenvalue weighted by molar-refractivity contribution is -0.0467. The fraction of sp³-hybridized carbons (Fsp3) is 0.600. The Labute approximate surface area is 109 Å². The Hall–Kier alpha value is -1.06. The van der Waals surface area contributed by atoms with Crippen molar-refractivity contribution < 1.29 is 9.84 Å². The third-order valence-electron chi connectivity index (χ3n) is 3.80. The molecule has 1 aliphatic rings. The fourth-order valence-corrected chi connectivity index (χ4v) is 2.61. The van der Waals surface area contributed by atoms with Crippen LogP contribution in [0.3, 0.4) is 0 Å². The summed E-state index contributed by atoms with van der Waals surface area (Å²) >= 11 is 0. The van der Waals surface area contributed by atoms with Crippen molar-refractivity contribution in [2.45, 2.75) is 44.8 Å². The number of nitrogens with two attached hydrogens (primary N) is 1. The van der Waals surface area contributed by atoms with Gasteiger partial charge in [-0.05, 0) is 36.5 Å². The Kier molecular flexibility index (Phi) is 4.61. The molecular formula is C15H23NO2. The van der Waals surface area contributed by atoms with E-state index in [4.69, 9.17) is 10.5 Å². The summed E-state index contributed by atoms with van der Waals surface area (Å²) in [6.45, 7) is 2.59. The van der Waals surface area contributed by atoms with Gasteiger partial charge in [-0.15, -0.1) is 0 Å². The molecule has 3 N–H and O–H groups in total. The second-order valence-corrected chi connectivity index (χ2v) is 5.32. The van der Waals surface area contributed by atoms with Crippen molar-refractivity contribution in [1.29, 1.82) is 0 Å². The minimum absolute atomic E-state index is 0.300. The van der Waals surface area contributed by atoms with Gasteiger partial charge in [-0.25, -0.2) is 0 Å². The van der Waals surface area contributed by atoms with Crippen molar-refractivity contribution in [3.05, 3.63) is 29.8 Å². The highest BCUT2D eigenvalue weighted by Gasteiger charge is 2.22. The van der Waals surface area contributed by atoms with Crippen LogP contribution in [0.5, 0.6) is 0 Å². The van der Waals surface area contributed by atoms with Crippen molar-refractivity contribution in [3.8, 4) is 0 Å². The largest absolute Gasteiger partial charge is 0.399 e. The number of anilines is 1. The zero-order valence-corrected chi connectivity index (χ0v) is 11.0. The molecule has 0 saturated heterocycles. The van der Waals surface area contributed by atoms with Crippen LogP contribution in [0.15, 0.2) is 24.3 Å². The first-order chi connectivity index (χ1) is 8.66. The summed E-state index contributed by atoms with van der Waals surface area (Å²) in [6, 6.07) is 7.37. The van der Waals surface area contributed by atoms with E-state index < -0.39 is 6.10 Å². The van der Waals surface area contributed by atoms with E-state index in [0.29, 0.717) is 24.3 Å². The number of hydrogen-bond acceptors (Lipinski definition) is 3. The van der Waals surface area contributed by atoms with Crippen LogP contribution in [0, 0.1) is 5.92 Å². The van der Waals surface area contributed by atoms with E-state index in [0.717, 1.165) is 12.0 Å². The molecule has 0 amide bonds. The molecule has 3 nitrogen and oxygen atoms in total. The summed E-state index contributed by atoms with van der Waals surface area (Å²) in [5, 5.41) is 10.1.